The standard InChI is InChI=1S/C14H17N3O/c1-10-13(9-18)15-16-17(10)12-7-5-11(6-8-12)14(2,3)4/h5-9H,1-4H3. The van der Waals surface area contributed by atoms with Crippen molar-refractivity contribution in [3.8, 4) is 5.69 Å². The Morgan fingerprint density at radius 3 is 2.22 bits per heavy atom. The molecule has 0 amide bonds. The monoisotopic (exact) mass is 243 g/mol. The van der Waals surface area contributed by atoms with Crippen LogP contribution in [-0.4, -0.2) is 21.3 Å². The van der Waals surface area contributed by atoms with Crippen LogP contribution in [0.25, 0.3) is 5.69 Å². The molecule has 1 heterocycles. The van der Waals surface area contributed by atoms with E-state index in [4.69, 9.17) is 0 Å². The summed E-state index contributed by atoms with van der Waals surface area (Å²) in [6, 6.07) is 8.15. The summed E-state index contributed by atoms with van der Waals surface area (Å²) in [5, 5.41) is 7.81. The number of carbonyl (C=O) groups excluding carboxylic acids is 1. The van der Waals surface area contributed by atoms with Crippen LogP contribution in [0.4, 0.5) is 0 Å². The predicted octanol–water partition coefficient (Wildman–Crippen LogP) is 2.69. The summed E-state index contributed by atoms with van der Waals surface area (Å²) >= 11 is 0. The van der Waals surface area contributed by atoms with Crippen molar-refractivity contribution in [1.82, 2.24) is 15.0 Å². The molecule has 0 spiro atoms. The Labute approximate surface area is 107 Å². The topological polar surface area (TPSA) is 47.8 Å². The van der Waals surface area contributed by atoms with Gasteiger partial charge in [-0.1, -0.05) is 38.1 Å². The van der Waals surface area contributed by atoms with Crippen molar-refractivity contribution in [3.05, 3.63) is 41.2 Å². The molecular formula is C14H17N3O. The zero-order valence-electron chi connectivity index (χ0n) is 11.1. The number of hydrogen-bond donors (Lipinski definition) is 0. The first-order valence-corrected chi connectivity index (χ1v) is 5.92. The number of aromatic nitrogens is 3. The lowest BCUT2D eigenvalue weighted by Gasteiger charge is -2.19. The molecule has 0 aliphatic rings. The van der Waals surface area contributed by atoms with Crippen molar-refractivity contribution < 1.29 is 4.79 Å². The highest BCUT2D eigenvalue weighted by Crippen LogP contribution is 2.23. The van der Waals surface area contributed by atoms with Gasteiger partial charge in [0, 0.05) is 0 Å². The van der Waals surface area contributed by atoms with E-state index in [2.05, 4.69) is 43.2 Å². The maximum absolute atomic E-state index is 10.7. The van der Waals surface area contributed by atoms with Crippen molar-refractivity contribution in [3.63, 3.8) is 0 Å². The van der Waals surface area contributed by atoms with Gasteiger partial charge >= 0.3 is 0 Å². The molecule has 94 valence electrons. The molecule has 0 bridgehead atoms. The van der Waals surface area contributed by atoms with E-state index in [1.807, 2.05) is 19.1 Å². The van der Waals surface area contributed by atoms with Gasteiger partial charge in [-0.15, -0.1) is 5.10 Å². The van der Waals surface area contributed by atoms with E-state index in [0.29, 0.717) is 5.69 Å². The van der Waals surface area contributed by atoms with E-state index in [9.17, 15) is 4.79 Å². The van der Waals surface area contributed by atoms with Gasteiger partial charge in [0.15, 0.2) is 6.29 Å². The number of nitrogens with zero attached hydrogens (tertiary/aromatic N) is 3. The van der Waals surface area contributed by atoms with E-state index in [0.717, 1.165) is 17.7 Å². The van der Waals surface area contributed by atoms with Gasteiger partial charge in [-0.3, -0.25) is 4.79 Å². The van der Waals surface area contributed by atoms with E-state index in [1.165, 1.54) is 5.56 Å². The van der Waals surface area contributed by atoms with Gasteiger partial charge in [-0.25, -0.2) is 4.68 Å². The lowest BCUT2D eigenvalue weighted by molar-refractivity contribution is 0.111. The number of carbonyl (C=O) groups is 1. The van der Waals surface area contributed by atoms with Crippen LogP contribution in [0.3, 0.4) is 0 Å². The van der Waals surface area contributed by atoms with E-state index in [1.54, 1.807) is 4.68 Å². The zero-order chi connectivity index (χ0) is 13.3. The van der Waals surface area contributed by atoms with Gasteiger partial charge in [-0.05, 0) is 30.0 Å². The second-order valence-corrected chi connectivity index (χ2v) is 5.39. The Hall–Kier alpha value is -1.97. The largest absolute Gasteiger partial charge is 0.296 e. The van der Waals surface area contributed by atoms with Crippen LogP contribution < -0.4 is 0 Å². The fourth-order valence-corrected chi connectivity index (χ4v) is 1.80. The molecular weight excluding hydrogens is 226 g/mol. The van der Waals surface area contributed by atoms with Crippen LogP contribution >= 0.6 is 0 Å². The first kappa shape index (κ1) is 12.5. The van der Waals surface area contributed by atoms with Crippen LogP contribution in [0, 0.1) is 6.92 Å². The third-order valence-corrected chi connectivity index (χ3v) is 3.02. The average molecular weight is 243 g/mol. The van der Waals surface area contributed by atoms with Crippen LogP contribution in [0.5, 0.6) is 0 Å². The third-order valence-electron chi connectivity index (χ3n) is 3.02. The number of benzene rings is 1. The van der Waals surface area contributed by atoms with Gasteiger partial charge in [-0.2, -0.15) is 0 Å². The Bertz CT molecular complexity index is 562. The SMILES string of the molecule is Cc1c(C=O)nnn1-c1ccc(C(C)(C)C)cc1. The molecule has 0 unspecified atom stereocenters. The summed E-state index contributed by atoms with van der Waals surface area (Å²) in [4.78, 5) is 10.7. The minimum absolute atomic E-state index is 0.129. The maximum atomic E-state index is 10.7. The van der Waals surface area contributed by atoms with Gasteiger partial charge in [0.1, 0.15) is 5.69 Å². The Balaban J connectivity index is 2.40. The number of aldehydes is 1. The van der Waals surface area contributed by atoms with E-state index < -0.39 is 0 Å². The molecule has 2 aromatic rings. The van der Waals surface area contributed by atoms with Crippen molar-refractivity contribution >= 4 is 6.29 Å². The molecule has 0 saturated carbocycles. The smallest absolute Gasteiger partial charge is 0.172 e. The second kappa shape index (κ2) is 4.37. The van der Waals surface area contributed by atoms with Gasteiger partial charge in [0.2, 0.25) is 0 Å². The summed E-state index contributed by atoms with van der Waals surface area (Å²) in [7, 11) is 0. The highest BCUT2D eigenvalue weighted by atomic mass is 16.1. The van der Waals surface area contributed by atoms with Crippen molar-refractivity contribution in [2.45, 2.75) is 33.1 Å². The first-order valence-electron chi connectivity index (χ1n) is 5.92. The van der Waals surface area contributed by atoms with Crippen LogP contribution in [0.15, 0.2) is 24.3 Å². The lowest BCUT2D eigenvalue weighted by atomic mass is 9.87. The molecule has 4 heteroatoms. The van der Waals surface area contributed by atoms with Crippen LogP contribution in [-0.2, 0) is 5.41 Å². The highest BCUT2D eigenvalue weighted by Gasteiger charge is 2.14. The van der Waals surface area contributed by atoms with Gasteiger partial charge < -0.3 is 0 Å². The van der Waals surface area contributed by atoms with Crippen molar-refractivity contribution in [2.24, 2.45) is 0 Å². The molecule has 0 aliphatic heterocycles. The van der Waals surface area contributed by atoms with Crippen molar-refractivity contribution in [1.29, 1.82) is 0 Å². The van der Waals surface area contributed by atoms with Gasteiger partial charge in [0.25, 0.3) is 0 Å². The summed E-state index contributed by atoms with van der Waals surface area (Å²) in [5.74, 6) is 0. The summed E-state index contributed by atoms with van der Waals surface area (Å²) in [6.07, 6.45) is 0.725. The fourth-order valence-electron chi connectivity index (χ4n) is 1.80. The summed E-state index contributed by atoms with van der Waals surface area (Å²) in [5.41, 5.74) is 3.45. The first-order chi connectivity index (χ1) is 8.43. The minimum Gasteiger partial charge on any atom is -0.296 e. The van der Waals surface area contributed by atoms with Crippen molar-refractivity contribution in [2.75, 3.05) is 0 Å². The molecule has 1 aromatic carbocycles. The fraction of sp³-hybridized carbons (Fsp3) is 0.357. The average Bonchev–Trinajstić information content (AvgIpc) is 2.69. The molecule has 18 heavy (non-hydrogen) atoms. The number of rotatable bonds is 2. The predicted molar refractivity (Wildman–Crippen MR) is 70.2 cm³/mol. The Morgan fingerprint density at radius 1 is 1.17 bits per heavy atom. The maximum Gasteiger partial charge on any atom is 0.172 e. The molecule has 1 aromatic heterocycles. The van der Waals surface area contributed by atoms with Crippen LogP contribution in [0.2, 0.25) is 0 Å². The molecule has 0 saturated heterocycles. The van der Waals surface area contributed by atoms with Crippen LogP contribution in [0.1, 0.15) is 42.5 Å². The van der Waals surface area contributed by atoms with E-state index in [-0.39, 0.29) is 5.41 Å². The third kappa shape index (κ3) is 2.18. The Morgan fingerprint density at radius 2 is 1.78 bits per heavy atom. The lowest BCUT2D eigenvalue weighted by Crippen LogP contribution is -2.11. The molecule has 0 fully saturated rings. The molecule has 4 nitrogen and oxygen atoms in total. The molecule has 2 rings (SSSR count). The number of hydrogen-bond acceptors (Lipinski definition) is 3. The molecule has 0 atom stereocenters. The molecule has 0 aliphatic carbocycles. The van der Waals surface area contributed by atoms with E-state index >= 15 is 0 Å². The second-order valence-electron chi connectivity index (χ2n) is 5.39. The summed E-state index contributed by atoms with van der Waals surface area (Å²) in [6.45, 7) is 8.36. The highest BCUT2D eigenvalue weighted by molar-refractivity contribution is 5.73. The zero-order valence-corrected chi connectivity index (χ0v) is 11.1. The quantitative estimate of drug-likeness (QED) is 0.762. The van der Waals surface area contributed by atoms with Gasteiger partial charge in [0.05, 0.1) is 11.4 Å². The summed E-state index contributed by atoms with van der Waals surface area (Å²) < 4.78 is 1.68. The molecule has 0 N–H and O–H groups in total. The Kier molecular flexibility index (Phi) is 3.03. The normalized spacial score (nSPS) is 11.6. The molecule has 0 radical (unpaired) electrons. The minimum atomic E-state index is 0.129.